The molecule has 7 nitrogen and oxygen atoms in total. The molecule has 2 aromatic heterocycles. The molecule has 1 aromatic carbocycles. The van der Waals surface area contributed by atoms with E-state index in [0.29, 0.717) is 29.1 Å². The first-order chi connectivity index (χ1) is 14.4. The molecule has 0 atom stereocenters. The molecule has 0 radical (unpaired) electrons. The van der Waals surface area contributed by atoms with Crippen LogP contribution in [0.2, 0.25) is 0 Å². The number of aromatic nitrogens is 2. The summed E-state index contributed by atoms with van der Waals surface area (Å²) < 4.78 is 4.89. The van der Waals surface area contributed by atoms with Crippen LogP contribution in [0.5, 0.6) is 0 Å². The first-order valence-electron chi connectivity index (χ1n) is 9.86. The van der Waals surface area contributed by atoms with Crippen LogP contribution in [-0.4, -0.2) is 39.9 Å². The highest BCUT2D eigenvalue weighted by Crippen LogP contribution is 2.35. The van der Waals surface area contributed by atoms with Crippen molar-refractivity contribution in [3.05, 3.63) is 46.1 Å². The van der Waals surface area contributed by atoms with Crippen molar-refractivity contribution in [2.45, 2.75) is 46.2 Å². The number of amides is 1. The molecule has 1 saturated carbocycles. The van der Waals surface area contributed by atoms with Crippen LogP contribution >= 0.6 is 11.3 Å². The van der Waals surface area contributed by atoms with Gasteiger partial charge in [0.05, 0.1) is 12.5 Å². The van der Waals surface area contributed by atoms with Gasteiger partial charge in [0.25, 0.3) is 0 Å². The smallest absolute Gasteiger partial charge is 0.348 e. The van der Waals surface area contributed by atoms with Crippen molar-refractivity contribution in [1.29, 1.82) is 0 Å². The maximum atomic E-state index is 12.1. The van der Waals surface area contributed by atoms with Gasteiger partial charge in [-0.15, -0.1) is 11.3 Å². The number of nitrogens with one attached hydrogen (secondary N) is 1. The van der Waals surface area contributed by atoms with Gasteiger partial charge in [0.15, 0.2) is 0 Å². The Morgan fingerprint density at radius 1 is 1.20 bits per heavy atom. The van der Waals surface area contributed by atoms with Crippen LogP contribution in [0.3, 0.4) is 0 Å². The highest BCUT2D eigenvalue weighted by molar-refractivity contribution is 7.20. The lowest BCUT2D eigenvalue weighted by atomic mass is 10.1. The van der Waals surface area contributed by atoms with E-state index >= 15 is 0 Å². The number of esters is 1. The molecule has 156 valence electrons. The molecule has 8 heteroatoms. The van der Waals surface area contributed by atoms with Gasteiger partial charge in [0.2, 0.25) is 5.91 Å². The van der Waals surface area contributed by atoms with E-state index in [9.17, 15) is 9.59 Å². The lowest BCUT2D eigenvalue weighted by Crippen LogP contribution is -2.30. The normalized spacial score (nSPS) is 13.3. The minimum absolute atomic E-state index is 0.118. The minimum atomic E-state index is -0.367. The van der Waals surface area contributed by atoms with Crippen molar-refractivity contribution in [3.8, 4) is 0 Å². The molecule has 0 saturated heterocycles. The summed E-state index contributed by atoms with van der Waals surface area (Å²) in [5.74, 6) is 1.04. The minimum Gasteiger partial charge on any atom is -0.465 e. The number of carbonyl (C=O) groups is 2. The quantitative estimate of drug-likeness (QED) is 0.592. The third kappa shape index (κ3) is 4.00. The zero-order valence-corrected chi connectivity index (χ0v) is 18.3. The summed E-state index contributed by atoms with van der Waals surface area (Å²) >= 11 is 1.31. The molecular weight excluding hydrogens is 400 g/mol. The van der Waals surface area contributed by atoms with Crippen LogP contribution in [-0.2, 0) is 16.1 Å². The number of nitrogens with zero attached hydrogens (tertiary/aromatic N) is 3. The van der Waals surface area contributed by atoms with E-state index in [1.165, 1.54) is 18.4 Å². The Morgan fingerprint density at radius 3 is 2.50 bits per heavy atom. The van der Waals surface area contributed by atoms with Crippen LogP contribution in [0.25, 0.3) is 10.2 Å². The molecule has 4 rings (SSSR count). The van der Waals surface area contributed by atoms with Gasteiger partial charge in [-0.25, -0.2) is 14.8 Å². The van der Waals surface area contributed by atoms with Crippen LogP contribution in [0.4, 0.5) is 11.5 Å². The Balaban J connectivity index is 1.60. The number of rotatable bonds is 6. The molecule has 1 amide bonds. The van der Waals surface area contributed by atoms with Gasteiger partial charge in [0.1, 0.15) is 21.3 Å². The Kier molecular flexibility index (Phi) is 5.42. The number of hydrogen-bond donors (Lipinski definition) is 1. The third-order valence-electron chi connectivity index (χ3n) is 5.23. The molecule has 1 N–H and O–H groups in total. The summed E-state index contributed by atoms with van der Waals surface area (Å²) in [6.45, 7) is 5.97. The maximum absolute atomic E-state index is 12.1. The van der Waals surface area contributed by atoms with Crippen molar-refractivity contribution in [1.82, 2.24) is 14.9 Å². The summed E-state index contributed by atoms with van der Waals surface area (Å²) in [5.41, 5.74) is 2.78. The van der Waals surface area contributed by atoms with E-state index in [0.717, 1.165) is 39.9 Å². The molecule has 0 aliphatic heterocycles. The fourth-order valence-corrected chi connectivity index (χ4v) is 4.68. The maximum Gasteiger partial charge on any atom is 0.348 e. The van der Waals surface area contributed by atoms with Gasteiger partial charge in [-0.1, -0.05) is 12.1 Å². The molecule has 2 heterocycles. The second-order valence-corrected chi connectivity index (χ2v) is 8.55. The molecule has 1 aliphatic carbocycles. The Bertz CT molecular complexity index is 1120. The van der Waals surface area contributed by atoms with Gasteiger partial charge in [-0.3, -0.25) is 4.79 Å². The van der Waals surface area contributed by atoms with Crippen molar-refractivity contribution in [2.24, 2.45) is 0 Å². The molecule has 1 fully saturated rings. The number of carbonyl (C=O) groups excluding carboxylic acids is 2. The Hall–Kier alpha value is -3.00. The van der Waals surface area contributed by atoms with Crippen LogP contribution in [0, 0.1) is 13.8 Å². The molecule has 3 aromatic rings. The zero-order valence-electron chi connectivity index (χ0n) is 17.5. The monoisotopic (exact) mass is 424 g/mol. The molecule has 0 unspecified atom stereocenters. The second-order valence-electron chi connectivity index (χ2n) is 7.55. The topological polar surface area (TPSA) is 84.4 Å². The molecule has 30 heavy (non-hydrogen) atoms. The van der Waals surface area contributed by atoms with E-state index in [-0.39, 0.29) is 11.9 Å². The summed E-state index contributed by atoms with van der Waals surface area (Å²) in [6, 6.07) is 8.39. The van der Waals surface area contributed by atoms with Crippen molar-refractivity contribution in [3.63, 3.8) is 0 Å². The van der Waals surface area contributed by atoms with Gasteiger partial charge >= 0.3 is 5.97 Å². The largest absolute Gasteiger partial charge is 0.465 e. The average Bonchev–Trinajstić information content (AvgIpc) is 3.49. The predicted octanol–water partition coefficient (Wildman–Crippen LogP) is 4.35. The zero-order chi connectivity index (χ0) is 21.4. The van der Waals surface area contributed by atoms with Gasteiger partial charge < -0.3 is 15.0 Å². The number of aryl methyl sites for hydroxylation is 2. The fourth-order valence-electron chi connectivity index (χ4n) is 3.53. The summed E-state index contributed by atoms with van der Waals surface area (Å²) in [5, 5.41) is 4.19. The molecule has 1 aliphatic rings. The second kappa shape index (κ2) is 8.02. The molecular formula is C22H24N4O3S. The number of ether oxygens (including phenoxy) is 1. The number of methoxy groups -OCH3 is 1. The van der Waals surface area contributed by atoms with Gasteiger partial charge in [-0.2, -0.15) is 0 Å². The van der Waals surface area contributed by atoms with Gasteiger partial charge in [-0.05, 0) is 49.9 Å². The van der Waals surface area contributed by atoms with E-state index in [1.807, 2.05) is 43.0 Å². The Labute approximate surface area is 179 Å². The van der Waals surface area contributed by atoms with E-state index in [2.05, 4.69) is 15.3 Å². The van der Waals surface area contributed by atoms with Gasteiger partial charge in [0, 0.05) is 25.2 Å². The van der Waals surface area contributed by atoms with Crippen molar-refractivity contribution >= 4 is 44.9 Å². The standard InChI is InChI=1S/C22H24N4O3S/c1-12-18-20(23-13(2)24-21(18)30-19(12)22(28)29-4)25-16-7-5-15(6-8-16)11-26(14(3)27)17-9-10-17/h5-8,17H,9-11H2,1-4H3,(H,23,24,25). The Morgan fingerprint density at radius 2 is 1.90 bits per heavy atom. The van der Waals surface area contributed by atoms with Crippen molar-refractivity contribution < 1.29 is 14.3 Å². The summed E-state index contributed by atoms with van der Waals surface area (Å²) in [4.78, 5) is 36.2. The van der Waals surface area contributed by atoms with Crippen LogP contribution < -0.4 is 5.32 Å². The first-order valence-corrected chi connectivity index (χ1v) is 10.7. The van der Waals surface area contributed by atoms with Crippen molar-refractivity contribution in [2.75, 3.05) is 12.4 Å². The number of fused-ring (bicyclic) bond motifs is 1. The summed E-state index contributed by atoms with van der Waals surface area (Å²) in [6.07, 6.45) is 2.19. The molecule has 0 spiro atoms. The highest BCUT2D eigenvalue weighted by atomic mass is 32.1. The average molecular weight is 425 g/mol. The fraction of sp³-hybridized carbons (Fsp3) is 0.364. The lowest BCUT2D eigenvalue weighted by Gasteiger charge is -2.20. The van der Waals surface area contributed by atoms with E-state index in [1.54, 1.807) is 6.92 Å². The molecule has 0 bridgehead atoms. The van der Waals surface area contributed by atoms with Crippen LogP contribution in [0.1, 0.15) is 46.4 Å². The lowest BCUT2D eigenvalue weighted by molar-refractivity contribution is -0.130. The SMILES string of the molecule is COC(=O)c1sc2nc(C)nc(Nc3ccc(CN(C(C)=O)C4CC4)cc3)c2c1C. The summed E-state index contributed by atoms with van der Waals surface area (Å²) in [7, 11) is 1.38. The van der Waals surface area contributed by atoms with Crippen LogP contribution in [0.15, 0.2) is 24.3 Å². The highest BCUT2D eigenvalue weighted by Gasteiger charge is 2.30. The third-order valence-corrected chi connectivity index (χ3v) is 6.40. The number of anilines is 2. The number of hydrogen-bond acceptors (Lipinski definition) is 7. The van der Waals surface area contributed by atoms with E-state index < -0.39 is 0 Å². The number of thiophene rings is 1. The predicted molar refractivity (Wildman–Crippen MR) is 117 cm³/mol. The van der Waals surface area contributed by atoms with E-state index in [4.69, 9.17) is 4.74 Å². The number of benzene rings is 1. The first kappa shape index (κ1) is 20.3.